The van der Waals surface area contributed by atoms with Gasteiger partial charge >= 0.3 is 5.97 Å². The first-order chi connectivity index (χ1) is 11.1. The second kappa shape index (κ2) is 6.74. The van der Waals surface area contributed by atoms with Gasteiger partial charge in [-0.05, 0) is 31.7 Å². The predicted octanol–water partition coefficient (Wildman–Crippen LogP) is 1.60. The molecule has 3 rings (SSSR count). The fourth-order valence-corrected chi connectivity index (χ4v) is 3.30. The van der Waals surface area contributed by atoms with E-state index in [1.54, 1.807) is 0 Å². The maximum absolute atomic E-state index is 12.8. The summed E-state index contributed by atoms with van der Waals surface area (Å²) in [7, 11) is 1.41. The Morgan fingerprint density at radius 2 is 2.13 bits per heavy atom. The summed E-state index contributed by atoms with van der Waals surface area (Å²) >= 11 is 0. The maximum atomic E-state index is 12.8. The summed E-state index contributed by atoms with van der Waals surface area (Å²) < 4.78 is 4.69. The Morgan fingerprint density at radius 1 is 1.35 bits per heavy atom. The molecule has 2 aliphatic rings. The van der Waals surface area contributed by atoms with Crippen LogP contribution in [0.2, 0.25) is 0 Å². The fourth-order valence-electron chi connectivity index (χ4n) is 3.30. The normalized spacial score (nSPS) is 22.2. The number of nitrogens with one attached hydrogen (secondary N) is 1. The molecule has 2 fully saturated rings. The number of carbonyl (C=O) groups is 2. The number of hydrogen-bond acceptors (Lipinski definition) is 4. The lowest BCUT2D eigenvalue weighted by atomic mass is 10.1. The van der Waals surface area contributed by atoms with Crippen molar-refractivity contribution in [3.05, 3.63) is 23.5 Å². The highest BCUT2D eigenvalue weighted by molar-refractivity contribution is 5.95. The van der Waals surface area contributed by atoms with Crippen LogP contribution in [-0.2, 0) is 9.53 Å². The zero-order chi connectivity index (χ0) is 16.4. The number of rotatable bonds is 5. The molecule has 1 aliphatic carbocycles. The number of hydrogen-bond donors (Lipinski definition) is 1. The summed E-state index contributed by atoms with van der Waals surface area (Å²) in [5.41, 5.74) is 1.94. The Bertz CT molecular complexity index is 579. The SMILES string of the molecule is COC(=O)CCN1CCN(C(=O)c2cc[nH]c2C2CC2)C[C@H]1C. The number of aromatic nitrogens is 1. The standard InChI is InChI=1S/C17H25N3O3/c1-12-11-20(10-9-19(12)8-6-15(21)23-2)17(22)14-5-7-18-16(14)13-3-4-13/h5,7,12-13,18H,3-4,6,8-11H2,1-2H3/t12-/m1/s1. The van der Waals surface area contributed by atoms with Gasteiger partial charge in [-0.3, -0.25) is 14.5 Å². The van der Waals surface area contributed by atoms with Gasteiger partial charge in [-0.1, -0.05) is 0 Å². The molecule has 1 saturated heterocycles. The Morgan fingerprint density at radius 3 is 2.78 bits per heavy atom. The molecule has 1 N–H and O–H groups in total. The van der Waals surface area contributed by atoms with E-state index < -0.39 is 0 Å². The first-order valence-corrected chi connectivity index (χ1v) is 8.37. The van der Waals surface area contributed by atoms with E-state index in [9.17, 15) is 9.59 Å². The number of aromatic amines is 1. The molecule has 1 atom stereocenters. The van der Waals surface area contributed by atoms with Crippen LogP contribution in [0.15, 0.2) is 12.3 Å². The van der Waals surface area contributed by atoms with Crippen LogP contribution in [0.5, 0.6) is 0 Å². The number of methoxy groups -OCH3 is 1. The summed E-state index contributed by atoms with van der Waals surface area (Å²) in [5.74, 6) is 0.493. The van der Waals surface area contributed by atoms with Crippen molar-refractivity contribution in [2.45, 2.75) is 38.1 Å². The summed E-state index contributed by atoms with van der Waals surface area (Å²) in [6.45, 7) is 5.00. The van der Waals surface area contributed by atoms with E-state index in [4.69, 9.17) is 4.74 Å². The second-order valence-corrected chi connectivity index (χ2v) is 6.54. The van der Waals surface area contributed by atoms with E-state index in [0.717, 1.165) is 17.8 Å². The first kappa shape index (κ1) is 16.1. The van der Waals surface area contributed by atoms with Crippen molar-refractivity contribution >= 4 is 11.9 Å². The zero-order valence-electron chi connectivity index (χ0n) is 13.9. The van der Waals surface area contributed by atoms with Gasteiger partial charge in [-0.25, -0.2) is 0 Å². The second-order valence-electron chi connectivity index (χ2n) is 6.54. The number of amides is 1. The molecular formula is C17H25N3O3. The van der Waals surface area contributed by atoms with Crippen LogP contribution in [0, 0.1) is 0 Å². The van der Waals surface area contributed by atoms with Gasteiger partial charge in [-0.2, -0.15) is 0 Å². The number of piperazine rings is 1. The number of esters is 1. The molecule has 0 aromatic carbocycles. The highest BCUT2D eigenvalue weighted by Gasteiger charge is 2.33. The monoisotopic (exact) mass is 319 g/mol. The summed E-state index contributed by atoms with van der Waals surface area (Å²) in [4.78, 5) is 31.5. The highest BCUT2D eigenvalue weighted by atomic mass is 16.5. The number of H-pyrrole nitrogens is 1. The summed E-state index contributed by atoms with van der Waals surface area (Å²) in [6.07, 6.45) is 4.63. The predicted molar refractivity (Wildman–Crippen MR) is 86.3 cm³/mol. The summed E-state index contributed by atoms with van der Waals surface area (Å²) in [5, 5.41) is 0. The number of ether oxygens (including phenoxy) is 1. The van der Waals surface area contributed by atoms with E-state index in [0.29, 0.717) is 32.0 Å². The molecule has 0 spiro atoms. The van der Waals surface area contributed by atoms with Crippen LogP contribution >= 0.6 is 0 Å². The molecule has 0 bridgehead atoms. The third-order valence-electron chi connectivity index (χ3n) is 4.88. The van der Waals surface area contributed by atoms with Crippen molar-refractivity contribution in [1.82, 2.24) is 14.8 Å². The van der Waals surface area contributed by atoms with Gasteiger partial charge in [0.2, 0.25) is 0 Å². The van der Waals surface area contributed by atoms with Gasteiger partial charge in [0.25, 0.3) is 5.91 Å². The average Bonchev–Trinajstić information content (AvgIpc) is 3.29. The minimum atomic E-state index is -0.183. The van der Waals surface area contributed by atoms with Crippen molar-refractivity contribution in [2.24, 2.45) is 0 Å². The van der Waals surface area contributed by atoms with E-state index >= 15 is 0 Å². The fraction of sp³-hybridized carbons (Fsp3) is 0.647. The molecule has 23 heavy (non-hydrogen) atoms. The van der Waals surface area contributed by atoms with Crippen molar-refractivity contribution in [2.75, 3.05) is 33.3 Å². The van der Waals surface area contributed by atoms with Crippen LogP contribution in [0.4, 0.5) is 0 Å². The Kier molecular flexibility index (Phi) is 4.71. The molecule has 1 aliphatic heterocycles. The van der Waals surface area contributed by atoms with E-state index in [1.807, 2.05) is 17.2 Å². The molecule has 0 unspecified atom stereocenters. The lowest BCUT2D eigenvalue weighted by molar-refractivity contribution is -0.141. The molecule has 1 saturated carbocycles. The highest BCUT2D eigenvalue weighted by Crippen LogP contribution is 2.41. The summed E-state index contributed by atoms with van der Waals surface area (Å²) in [6, 6.07) is 2.16. The Balaban J connectivity index is 1.57. The Labute approximate surface area is 136 Å². The van der Waals surface area contributed by atoms with Crippen LogP contribution in [0.3, 0.4) is 0 Å². The largest absolute Gasteiger partial charge is 0.469 e. The average molecular weight is 319 g/mol. The van der Waals surface area contributed by atoms with Crippen LogP contribution in [-0.4, -0.2) is 66.0 Å². The zero-order valence-corrected chi connectivity index (χ0v) is 13.9. The van der Waals surface area contributed by atoms with Crippen molar-refractivity contribution in [3.63, 3.8) is 0 Å². The minimum Gasteiger partial charge on any atom is -0.469 e. The molecule has 0 radical (unpaired) electrons. The van der Waals surface area contributed by atoms with Crippen molar-refractivity contribution in [1.29, 1.82) is 0 Å². The number of nitrogens with zero attached hydrogens (tertiary/aromatic N) is 2. The third kappa shape index (κ3) is 3.58. The van der Waals surface area contributed by atoms with Gasteiger partial charge < -0.3 is 14.6 Å². The first-order valence-electron chi connectivity index (χ1n) is 8.37. The van der Waals surface area contributed by atoms with Crippen LogP contribution in [0.1, 0.15) is 48.2 Å². The quantitative estimate of drug-likeness (QED) is 0.837. The Hall–Kier alpha value is -1.82. The van der Waals surface area contributed by atoms with Crippen molar-refractivity contribution in [3.8, 4) is 0 Å². The maximum Gasteiger partial charge on any atom is 0.306 e. The molecule has 6 nitrogen and oxygen atoms in total. The van der Waals surface area contributed by atoms with Gasteiger partial charge in [0.15, 0.2) is 0 Å². The molecule has 1 amide bonds. The lowest BCUT2D eigenvalue weighted by Crippen LogP contribution is -2.54. The number of carbonyl (C=O) groups excluding carboxylic acids is 2. The molecule has 1 aromatic rings. The minimum absolute atomic E-state index is 0.132. The molecular weight excluding hydrogens is 294 g/mol. The van der Waals surface area contributed by atoms with E-state index in [2.05, 4.69) is 16.8 Å². The van der Waals surface area contributed by atoms with E-state index in [1.165, 1.54) is 20.0 Å². The van der Waals surface area contributed by atoms with Gasteiger partial charge in [0.05, 0.1) is 19.1 Å². The van der Waals surface area contributed by atoms with Crippen molar-refractivity contribution < 1.29 is 14.3 Å². The molecule has 6 heteroatoms. The smallest absolute Gasteiger partial charge is 0.306 e. The third-order valence-corrected chi connectivity index (χ3v) is 4.88. The van der Waals surface area contributed by atoms with Crippen LogP contribution < -0.4 is 0 Å². The lowest BCUT2D eigenvalue weighted by Gasteiger charge is -2.39. The van der Waals surface area contributed by atoms with Crippen LogP contribution in [0.25, 0.3) is 0 Å². The molecule has 126 valence electrons. The van der Waals surface area contributed by atoms with Gasteiger partial charge in [0.1, 0.15) is 0 Å². The molecule has 2 heterocycles. The van der Waals surface area contributed by atoms with Gasteiger partial charge in [-0.15, -0.1) is 0 Å². The van der Waals surface area contributed by atoms with E-state index in [-0.39, 0.29) is 17.9 Å². The molecule has 1 aromatic heterocycles. The topological polar surface area (TPSA) is 65.6 Å². The van der Waals surface area contributed by atoms with Gasteiger partial charge in [0, 0.05) is 44.1 Å².